The second-order valence-electron chi connectivity index (χ2n) is 5.12. The largest absolute Gasteiger partial charge is 0.355 e. The quantitative estimate of drug-likeness (QED) is 0.726. The Bertz CT molecular complexity index is 349. The summed E-state index contributed by atoms with van der Waals surface area (Å²) in [6, 6.07) is 9.91. The molecule has 0 radical (unpaired) electrons. The molecule has 1 aromatic rings. The van der Waals surface area contributed by atoms with Crippen LogP contribution in [0.1, 0.15) is 32.3 Å². The summed E-state index contributed by atoms with van der Waals surface area (Å²) in [5, 5.41) is 2.89. The summed E-state index contributed by atoms with van der Waals surface area (Å²) in [6.45, 7) is 4.84. The van der Waals surface area contributed by atoms with Gasteiger partial charge >= 0.3 is 0 Å². The van der Waals surface area contributed by atoms with Crippen molar-refractivity contribution in [2.24, 2.45) is 11.7 Å². The number of rotatable bonds is 7. The maximum Gasteiger partial charge on any atom is 0.236 e. The van der Waals surface area contributed by atoms with Gasteiger partial charge in [0.25, 0.3) is 0 Å². The Morgan fingerprint density at radius 1 is 1.28 bits per heavy atom. The van der Waals surface area contributed by atoms with E-state index in [0.29, 0.717) is 12.5 Å². The average Bonchev–Trinajstić information content (AvgIpc) is 2.34. The minimum atomic E-state index is -0.373. The van der Waals surface area contributed by atoms with Crippen LogP contribution in [0.25, 0.3) is 0 Å². The smallest absolute Gasteiger partial charge is 0.236 e. The number of hydrogen-bond acceptors (Lipinski definition) is 2. The summed E-state index contributed by atoms with van der Waals surface area (Å²) in [6.07, 6.45) is 2.68. The Kier molecular flexibility index (Phi) is 6.44. The Morgan fingerprint density at radius 2 is 1.94 bits per heavy atom. The van der Waals surface area contributed by atoms with Gasteiger partial charge in [-0.05, 0) is 30.7 Å². The lowest BCUT2D eigenvalue weighted by Crippen LogP contribution is -2.41. The molecule has 1 amide bonds. The number of carbonyl (C=O) groups excluding carboxylic acids is 1. The molecule has 100 valence electrons. The number of nitrogens with one attached hydrogen (secondary N) is 1. The van der Waals surface area contributed by atoms with E-state index in [2.05, 4.69) is 31.3 Å². The van der Waals surface area contributed by atoms with E-state index in [4.69, 9.17) is 5.73 Å². The molecule has 0 aliphatic carbocycles. The second-order valence-corrected chi connectivity index (χ2v) is 5.12. The Labute approximate surface area is 110 Å². The third-order valence-corrected chi connectivity index (χ3v) is 2.85. The zero-order valence-corrected chi connectivity index (χ0v) is 11.4. The molecule has 0 fully saturated rings. The molecular formula is C15H24N2O. The maximum atomic E-state index is 11.7. The summed E-state index contributed by atoms with van der Waals surface area (Å²) >= 11 is 0. The minimum Gasteiger partial charge on any atom is -0.355 e. The van der Waals surface area contributed by atoms with Crippen molar-refractivity contribution in [3.05, 3.63) is 35.9 Å². The van der Waals surface area contributed by atoms with Gasteiger partial charge < -0.3 is 11.1 Å². The summed E-state index contributed by atoms with van der Waals surface area (Å²) in [5.74, 6) is 0.423. The van der Waals surface area contributed by atoms with Crippen LogP contribution in [-0.2, 0) is 11.2 Å². The van der Waals surface area contributed by atoms with E-state index in [9.17, 15) is 4.79 Å². The molecular weight excluding hydrogens is 224 g/mol. The highest BCUT2D eigenvalue weighted by Gasteiger charge is 2.13. The fraction of sp³-hybridized carbons (Fsp3) is 0.533. The van der Waals surface area contributed by atoms with Crippen molar-refractivity contribution in [2.75, 3.05) is 6.54 Å². The molecule has 0 aliphatic heterocycles. The molecule has 0 bridgehead atoms. The molecule has 0 spiro atoms. The van der Waals surface area contributed by atoms with Crippen LogP contribution < -0.4 is 11.1 Å². The molecule has 3 N–H and O–H groups in total. The van der Waals surface area contributed by atoms with Crippen LogP contribution in [0.5, 0.6) is 0 Å². The van der Waals surface area contributed by atoms with Gasteiger partial charge in [0.2, 0.25) is 5.91 Å². The normalized spacial score (nSPS) is 12.4. The third kappa shape index (κ3) is 5.82. The molecule has 0 saturated heterocycles. The van der Waals surface area contributed by atoms with E-state index < -0.39 is 0 Å². The van der Waals surface area contributed by atoms with Gasteiger partial charge in [-0.25, -0.2) is 0 Å². The number of aryl methyl sites for hydroxylation is 1. The van der Waals surface area contributed by atoms with Crippen molar-refractivity contribution in [2.45, 2.75) is 39.2 Å². The van der Waals surface area contributed by atoms with Gasteiger partial charge in [0.1, 0.15) is 0 Å². The van der Waals surface area contributed by atoms with E-state index >= 15 is 0 Å². The fourth-order valence-electron chi connectivity index (χ4n) is 1.89. The Balaban J connectivity index is 2.16. The molecule has 0 aromatic heterocycles. The molecule has 3 nitrogen and oxygen atoms in total. The summed E-state index contributed by atoms with van der Waals surface area (Å²) in [5.41, 5.74) is 7.10. The predicted octanol–water partition coefficient (Wildman–Crippen LogP) is 2.11. The van der Waals surface area contributed by atoms with Crippen LogP contribution in [0.2, 0.25) is 0 Å². The standard InChI is InChI=1S/C15H24N2O/c1-12(2)11-14(16)15(18)17-10-6-9-13-7-4-3-5-8-13/h3-5,7-8,12,14H,6,9-11,16H2,1-2H3,(H,17,18)/t14-/m0/s1. The molecule has 1 aromatic carbocycles. The van der Waals surface area contributed by atoms with Crippen molar-refractivity contribution < 1.29 is 4.79 Å². The van der Waals surface area contributed by atoms with Gasteiger partial charge in [-0.3, -0.25) is 4.79 Å². The highest BCUT2D eigenvalue weighted by Crippen LogP contribution is 2.03. The van der Waals surface area contributed by atoms with Crippen LogP contribution in [0, 0.1) is 5.92 Å². The molecule has 1 rings (SSSR count). The van der Waals surface area contributed by atoms with Gasteiger partial charge in [0, 0.05) is 6.54 Å². The summed E-state index contributed by atoms with van der Waals surface area (Å²) in [4.78, 5) is 11.7. The van der Waals surface area contributed by atoms with E-state index in [1.165, 1.54) is 5.56 Å². The fourth-order valence-corrected chi connectivity index (χ4v) is 1.89. The number of carbonyl (C=O) groups is 1. The zero-order chi connectivity index (χ0) is 13.4. The van der Waals surface area contributed by atoms with Crippen molar-refractivity contribution in [3.63, 3.8) is 0 Å². The van der Waals surface area contributed by atoms with Crippen LogP contribution in [-0.4, -0.2) is 18.5 Å². The maximum absolute atomic E-state index is 11.7. The van der Waals surface area contributed by atoms with Gasteiger partial charge in [-0.2, -0.15) is 0 Å². The van der Waals surface area contributed by atoms with Gasteiger partial charge in [0.05, 0.1) is 6.04 Å². The van der Waals surface area contributed by atoms with Gasteiger partial charge in [-0.1, -0.05) is 44.2 Å². The topological polar surface area (TPSA) is 55.1 Å². The van der Waals surface area contributed by atoms with Gasteiger partial charge in [0.15, 0.2) is 0 Å². The van der Waals surface area contributed by atoms with Crippen molar-refractivity contribution in [1.29, 1.82) is 0 Å². The van der Waals surface area contributed by atoms with Crippen molar-refractivity contribution >= 4 is 5.91 Å². The summed E-state index contributed by atoms with van der Waals surface area (Å²) < 4.78 is 0. The predicted molar refractivity (Wildman–Crippen MR) is 75.2 cm³/mol. The Morgan fingerprint density at radius 3 is 2.56 bits per heavy atom. The number of benzene rings is 1. The highest BCUT2D eigenvalue weighted by atomic mass is 16.2. The minimum absolute atomic E-state index is 0.0308. The first-order valence-corrected chi connectivity index (χ1v) is 6.67. The van der Waals surface area contributed by atoms with Crippen molar-refractivity contribution in [3.8, 4) is 0 Å². The zero-order valence-electron chi connectivity index (χ0n) is 11.4. The second kappa shape index (κ2) is 7.88. The first-order chi connectivity index (χ1) is 8.59. The first kappa shape index (κ1) is 14.7. The van der Waals surface area contributed by atoms with E-state index in [0.717, 1.165) is 19.3 Å². The Hall–Kier alpha value is -1.35. The summed E-state index contributed by atoms with van der Waals surface area (Å²) in [7, 11) is 0. The average molecular weight is 248 g/mol. The molecule has 0 unspecified atom stereocenters. The highest BCUT2D eigenvalue weighted by molar-refractivity contribution is 5.81. The lowest BCUT2D eigenvalue weighted by atomic mass is 10.0. The molecule has 18 heavy (non-hydrogen) atoms. The van der Waals surface area contributed by atoms with Crippen LogP contribution in [0.15, 0.2) is 30.3 Å². The molecule has 1 atom stereocenters. The number of nitrogens with two attached hydrogens (primary N) is 1. The van der Waals surface area contributed by atoms with Crippen LogP contribution in [0.4, 0.5) is 0 Å². The first-order valence-electron chi connectivity index (χ1n) is 6.67. The van der Waals surface area contributed by atoms with E-state index in [1.54, 1.807) is 0 Å². The van der Waals surface area contributed by atoms with Gasteiger partial charge in [-0.15, -0.1) is 0 Å². The molecule has 0 heterocycles. The lowest BCUT2D eigenvalue weighted by molar-refractivity contribution is -0.122. The van der Waals surface area contributed by atoms with E-state index in [-0.39, 0.29) is 11.9 Å². The van der Waals surface area contributed by atoms with Crippen molar-refractivity contribution in [1.82, 2.24) is 5.32 Å². The molecule has 0 saturated carbocycles. The SMILES string of the molecule is CC(C)C[C@H](N)C(=O)NCCCc1ccccc1. The molecule has 3 heteroatoms. The third-order valence-electron chi connectivity index (χ3n) is 2.85. The molecule has 0 aliphatic rings. The monoisotopic (exact) mass is 248 g/mol. The van der Waals surface area contributed by atoms with E-state index in [1.807, 2.05) is 18.2 Å². The lowest BCUT2D eigenvalue weighted by Gasteiger charge is -2.14. The van der Waals surface area contributed by atoms with Crippen LogP contribution >= 0.6 is 0 Å². The number of amides is 1. The van der Waals surface area contributed by atoms with Crippen LogP contribution in [0.3, 0.4) is 0 Å². The number of hydrogen-bond donors (Lipinski definition) is 2.